The molecular weight excluding hydrogens is 316 g/mol. The van der Waals surface area contributed by atoms with Gasteiger partial charge in [-0.05, 0) is 82.3 Å². The molecule has 1 aromatic carbocycles. The first-order valence-corrected chi connectivity index (χ1v) is 9.43. The number of benzene rings is 1. The normalized spacial score (nSPS) is 20.2. The summed E-state index contributed by atoms with van der Waals surface area (Å²) in [4.78, 5) is 15.0. The molecule has 25 heavy (non-hydrogen) atoms. The Bertz CT molecular complexity index is 565. The number of carbonyl (C=O) groups is 1. The molecule has 5 heteroatoms. The number of hydrogen-bond donors (Lipinski definition) is 1. The molecule has 0 bridgehead atoms. The first kappa shape index (κ1) is 18.2. The molecule has 2 aliphatic rings. The lowest BCUT2D eigenvalue weighted by Gasteiger charge is -2.26. The second-order valence-electron chi connectivity index (χ2n) is 7.31. The molecule has 0 aromatic heterocycles. The second-order valence-corrected chi connectivity index (χ2v) is 7.31. The smallest absolute Gasteiger partial charge is 0.256 e. The molecule has 1 aromatic rings. The Kier molecular flexibility index (Phi) is 5.97. The number of carbonyl (C=O) groups excluding carboxylic acids is 1. The van der Waals surface area contributed by atoms with Crippen LogP contribution in [0.2, 0.25) is 0 Å². The molecule has 2 fully saturated rings. The lowest BCUT2D eigenvalue weighted by atomic mass is 9.99. The summed E-state index contributed by atoms with van der Waals surface area (Å²) in [5.41, 5.74) is 0.0448. The van der Waals surface area contributed by atoms with Crippen molar-refractivity contribution >= 4 is 11.6 Å². The van der Waals surface area contributed by atoms with E-state index in [0.717, 1.165) is 43.9 Å². The molecule has 3 rings (SSSR count). The SMILES string of the molecule is COC(C)(C(=O)Nc1ccc(OCCCN2CCCC2)cc1)C1CC1. The van der Waals surface area contributed by atoms with Gasteiger partial charge >= 0.3 is 0 Å². The quantitative estimate of drug-likeness (QED) is 0.697. The highest BCUT2D eigenvalue weighted by molar-refractivity contribution is 5.97. The molecule has 1 saturated carbocycles. The fourth-order valence-electron chi connectivity index (χ4n) is 3.45. The zero-order chi connectivity index (χ0) is 17.7. The van der Waals surface area contributed by atoms with Crippen LogP contribution in [0.25, 0.3) is 0 Å². The van der Waals surface area contributed by atoms with Crippen molar-refractivity contribution < 1.29 is 14.3 Å². The second kappa shape index (κ2) is 8.19. The van der Waals surface area contributed by atoms with E-state index in [4.69, 9.17) is 9.47 Å². The largest absolute Gasteiger partial charge is 0.494 e. The van der Waals surface area contributed by atoms with E-state index in [1.54, 1.807) is 7.11 Å². The third-order valence-corrected chi connectivity index (χ3v) is 5.43. The minimum atomic E-state index is -0.731. The Hall–Kier alpha value is -1.59. The molecule has 1 amide bonds. The molecular formula is C20H30N2O3. The third-order valence-electron chi connectivity index (χ3n) is 5.43. The Labute approximate surface area is 150 Å². The standard InChI is InChI=1S/C20H30N2O3/c1-20(24-2,16-6-7-16)19(23)21-17-8-10-18(11-9-17)25-15-5-14-22-12-3-4-13-22/h8-11,16H,3-7,12-15H2,1-2H3,(H,21,23). The zero-order valence-electron chi connectivity index (χ0n) is 15.4. The van der Waals surface area contributed by atoms with E-state index in [2.05, 4.69) is 10.2 Å². The Morgan fingerprint density at radius 1 is 1.24 bits per heavy atom. The fourth-order valence-corrected chi connectivity index (χ4v) is 3.45. The maximum absolute atomic E-state index is 12.5. The van der Waals surface area contributed by atoms with E-state index in [0.29, 0.717) is 5.92 Å². The highest BCUT2D eigenvalue weighted by atomic mass is 16.5. The molecule has 1 heterocycles. The number of anilines is 1. The van der Waals surface area contributed by atoms with Crippen LogP contribution in [0, 0.1) is 5.92 Å². The fraction of sp³-hybridized carbons (Fsp3) is 0.650. The summed E-state index contributed by atoms with van der Waals surface area (Å²) >= 11 is 0. The maximum Gasteiger partial charge on any atom is 0.256 e. The molecule has 1 aliphatic carbocycles. The third kappa shape index (κ3) is 4.73. The van der Waals surface area contributed by atoms with Crippen molar-refractivity contribution in [2.24, 2.45) is 5.92 Å². The monoisotopic (exact) mass is 346 g/mol. The number of nitrogens with one attached hydrogen (secondary N) is 1. The van der Waals surface area contributed by atoms with Gasteiger partial charge in [0.25, 0.3) is 5.91 Å². The van der Waals surface area contributed by atoms with Crippen LogP contribution in [0.1, 0.15) is 39.0 Å². The van der Waals surface area contributed by atoms with Gasteiger partial charge in [0.1, 0.15) is 11.4 Å². The van der Waals surface area contributed by atoms with Crippen molar-refractivity contribution in [2.45, 2.75) is 44.6 Å². The molecule has 5 nitrogen and oxygen atoms in total. The molecule has 1 N–H and O–H groups in total. The van der Waals surface area contributed by atoms with Gasteiger partial charge in [-0.2, -0.15) is 0 Å². The van der Waals surface area contributed by atoms with Crippen LogP contribution in [0.4, 0.5) is 5.69 Å². The summed E-state index contributed by atoms with van der Waals surface area (Å²) in [6.07, 6.45) is 5.82. The van der Waals surface area contributed by atoms with Gasteiger partial charge in [0.05, 0.1) is 6.61 Å². The number of ether oxygens (including phenoxy) is 2. The molecule has 0 radical (unpaired) electrons. The van der Waals surface area contributed by atoms with E-state index < -0.39 is 5.60 Å². The van der Waals surface area contributed by atoms with Gasteiger partial charge in [0.2, 0.25) is 0 Å². The van der Waals surface area contributed by atoms with E-state index in [1.165, 1.54) is 25.9 Å². The van der Waals surface area contributed by atoms with Crippen molar-refractivity contribution in [3.63, 3.8) is 0 Å². The van der Waals surface area contributed by atoms with Crippen molar-refractivity contribution in [1.29, 1.82) is 0 Å². The summed E-state index contributed by atoms with van der Waals surface area (Å²) in [7, 11) is 1.61. The highest BCUT2D eigenvalue weighted by Crippen LogP contribution is 2.42. The van der Waals surface area contributed by atoms with Crippen molar-refractivity contribution in [3.05, 3.63) is 24.3 Å². The van der Waals surface area contributed by atoms with Crippen LogP contribution >= 0.6 is 0 Å². The summed E-state index contributed by atoms with van der Waals surface area (Å²) < 4.78 is 11.3. The van der Waals surface area contributed by atoms with Gasteiger partial charge in [-0.3, -0.25) is 4.79 Å². The number of methoxy groups -OCH3 is 1. The van der Waals surface area contributed by atoms with Gasteiger partial charge in [0, 0.05) is 19.3 Å². The van der Waals surface area contributed by atoms with Crippen LogP contribution in [0.5, 0.6) is 5.75 Å². The topological polar surface area (TPSA) is 50.8 Å². The van der Waals surface area contributed by atoms with Crippen molar-refractivity contribution in [1.82, 2.24) is 4.90 Å². The minimum absolute atomic E-state index is 0.0724. The molecule has 1 unspecified atom stereocenters. The minimum Gasteiger partial charge on any atom is -0.494 e. The van der Waals surface area contributed by atoms with Crippen LogP contribution in [0.3, 0.4) is 0 Å². The van der Waals surface area contributed by atoms with Crippen LogP contribution in [0.15, 0.2) is 24.3 Å². The number of likely N-dealkylation sites (tertiary alicyclic amines) is 1. The lowest BCUT2D eigenvalue weighted by Crippen LogP contribution is -2.43. The van der Waals surface area contributed by atoms with Gasteiger partial charge in [0.15, 0.2) is 0 Å². The first-order chi connectivity index (χ1) is 12.1. The van der Waals surface area contributed by atoms with E-state index in [1.807, 2.05) is 31.2 Å². The van der Waals surface area contributed by atoms with Crippen LogP contribution < -0.4 is 10.1 Å². The summed E-state index contributed by atoms with van der Waals surface area (Å²) in [5.74, 6) is 1.10. The zero-order valence-corrected chi connectivity index (χ0v) is 15.4. The highest BCUT2D eigenvalue weighted by Gasteiger charge is 2.47. The number of amides is 1. The average Bonchev–Trinajstić information content (AvgIpc) is 3.36. The average molecular weight is 346 g/mol. The maximum atomic E-state index is 12.5. The molecule has 1 aliphatic heterocycles. The molecule has 1 saturated heterocycles. The summed E-state index contributed by atoms with van der Waals surface area (Å²) in [5, 5.41) is 2.96. The van der Waals surface area contributed by atoms with Gasteiger partial charge in [-0.25, -0.2) is 0 Å². The predicted octanol–water partition coefficient (Wildman–Crippen LogP) is 3.30. The Balaban J connectivity index is 1.42. The molecule has 1 atom stereocenters. The van der Waals surface area contributed by atoms with E-state index in [9.17, 15) is 4.79 Å². The summed E-state index contributed by atoms with van der Waals surface area (Å²) in [6.45, 7) is 6.18. The van der Waals surface area contributed by atoms with E-state index in [-0.39, 0.29) is 5.91 Å². The Morgan fingerprint density at radius 3 is 2.52 bits per heavy atom. The van der Waals surface area contributed by atoms with Crippen molar-refractivity contribution in [2.75, 3.05) is 38.7 Å². The van der Waals surface area contributed by atoms with Crippen molar-refractivity contribution in [3.8, 4) is 5.75 Å². The number of hydrogen-bond acceptors (Lipinski definition) is 4. The van der Waals surface area contributed by atoms with Crippen LogP contribution in [-0.2, 0) is 9.53 Å². The Morgan fingerprint density at radius 2 is 1.92 bits per heavy atom. The number of rotatable bonds is 9. The first-order valence-electron chi connectivity index (χ1n) is 9.43. The number of nitrogens with zero attached hydrogens (tertiary/aromatic N) is 1. The molecule has 138 valence electrons. The van der Waals surface area contributed by atoms with Crippen LogP contribution in [-0.4, -0.2) is 49.8 Å². The van der Waals surface area contributed by atoms with Gasteiger partial charge < -0.3 is 19.7 Å². The van der Waals surface area contributed by atoms with Gasteiger partial charge in [-0.15, -0.1) is 0 Å². The lowest BCUT2D eigenvalue weighted by molar-refractivity contribution is -0.138. The summed E-state index contributed by atoms with van der Waals surface area (Å²) in [6, 6.07) is 7.59. The van der Waals surface area contributed by atoms with Gasteiger partial charge in [-0.1, -0.05) is 0 Å². The van der Waals surface area contributed by atoms with E-state index >= 15 is 0 Å². The molecule has 0 spiro atoms. The predicted molar refractivity (Wildman–Crippen MR) is 99.0 cm³/mol.